The molecule has 9 heteroatoms. The summed E-state index contributed by atoms with van der Waals surface area (Å²) in [5, 5.41) is 8.71. The van der Waals surface area contributed by atoms with Crippen LogP contribution in [-0.2, 0) is 16.1 Å². The Balaban J connectivity index is 1.87. The molecule has 2 amide bonds. The minimum Gasteiger partial charge on any atom is -0.379 e. The molecule has 2 rings (SSSR count). The normalized spacial score (nSPS) is 17.0. The Morgan fingerprint density at radius 3 is 2.73 bits per heavy atom. The molecular formula is C13H21N5O4. The predicted octanol–water partition coefficient (Wildman–Crippen LogP) is -0.844. The number of aromatic nitrogens is 2. The Labute approximate surface area is 128 Å². The zero-order valence-electron chi connectivity index (χ0n) is 12.8. The maximum absolute atomic E-state index is 12.3. The van der Waals surface area contributed by atoms with Crippen LogP contribution in [0.4, 0.5) is 0 Å². The minimum atomic E-state index is -0.430. The minimum absolute atomic E-state index is 0.0491. The van der Waals surface area contributed by atoms with Crippen molar-refractivity contribution in [1.82, 2.24) is 25.7 Å². The van der Waals surface area contributed by atoms with Gasteiger partial charge in [0.15, 0.2) is 0 Å². The second-order valence-corrected chi connectivity index (χ2v) is 4.88. The highest BCUT2D eigenvalue weighted by molar-refractivity contribution is 5.89. The van der Waals surface area contributed by atoms with E-state index in [1.807, 2.05) is 6.92 Å². The van der Waals surface area contributed by atoms with Crippen molar-refractivity contribution in [2.45, 2.75) is 25.9 Å². The van der Waals surface area contributed by atoms with E-state index in [0.29, 0.717) is 19.6 Å². The molecule has 1 aliphatic rings. The third-order valence-electron chi connectivity index (χ3n) is 3.49. The van der Waals surface area contributed by atoms with Crippen molar-refractivity contribution in [3.05, 3.63) is 11.7 Å². The van der Waals surface area contributed by atoms with Crippen LogP contribution < -0.4 is 10.6 Å². The lowest BCUT2D eigenvalue weighted by Crippen LogP contribution is -2.50. The van der Waals surface area contributed by atoms with Crippen LogP contribution in [0.1, 0.15) is 29.9 Å². The van der Waals surface area contributed by atoms with E-state index in [0.717, 1.165) is 13.1 Å². The Kier molecular flexibility index (Phi) is 5.84. The number of hydrogen-bond acceptors (Lipinski definition) is 7. The summed E-state index contributed by atoms with van der Waals surface area (Å²) in [6.45, 7) is 4.84. The van der Waals surface area contributed by atoms with Crippen LogP contribution in [0.15, 0.2) is 4.52 Å². The summed E-state index contributed by atoms with van der Waals surface area (Å²) in [6, 6.07) is -0.203. The van der Waals surface area contributed by atoms with Crippen molar-refractivity contribution >= 4 is 11.8 Å². The fourth-order valence-electron chi connectivity index (χ4n) is 2.31. The number of morpholine rings is 1. The van der Waals surface area contributed by atoms with Gasteiger partial charge in [-0.1, -0.05) is 12.1 Å². The topological polar surface area (TPSA) is 110 Å². The maximum atomic E-state index is 12.3. The van der Waals surface area contributed by atoms with E-state index in [1.54, 1.807) is 0 Å². The molecule has 0 aromatic carbocycles. The van der Waals surface area contributed by atoms with Gasteiger partial charge in [0, 0.05) is 20.1 Å². The van der Waals surface area contributed by atoms with Gasteiger partial charge in [-0.15, -0.1) is 0 Å². The zero-order valence-corrected chi connectivity index (χ0v) is 12.8. The van der Waals surface area contributed by atoms with Crippen LogP contribution in [0.5, 0.6) is 0 Å². The summed E-state index contributed by atoms with van der Waals surface area (Å²) in [5.41, 5.74) is 0. The number of hydrogen-bond donors (Lipinski definition) is 2. The molecule has 9 nitrogen and oxygen atoms in total. The predicted molar refractivity (Wildman–Crippen MR) is 76.0 cm³/mol. The van der Waals surface area contributed by atoms with Crippen LogP contribution in [0.2, 0.25) is 0 Å². The van der Waals surface area contributed by atoms with Gasteiger partial charge in [-0.2, -0.15) is 4.98 Å². The Morgan fingerprint density at radius 1 is 1.36 bits per heavy atom. The van der Waals surface area contributed by atoms with E-state index in [4.69, 9.17) is 9.26 Å². The third-order valence-corrected chi connectivity index (χ3v) is 3.49. The first-order chi connectivity index (χ1) is 10.7. The molecule has 1 fully saturated rings. The molecule has 2 N–H and O–H groups in total. The average Bonchev–Trinajstić information content (AvgIpc) is 3.03. The van der Waals surface area contributed by atoms with Gasteiger partial charge in [0.05, 0.1) is 25.8 Å². The first-order valence-electron chi connectivity index (χ1n) is 7.29. The smallest absolute Gasteiger partial charge is 0.292 e. The largest absolute Gasteiger partial charge is 0.379 e. The molecule has 0 bridgehead atoms. The van der Waals surface area contributed by atoms with Crippen molar-refractivity contribution in [3.8, 4) is 0 Å². The molecule has 0 saturated carbocycles. The van der Waals surface area contributed by atoms with Crippen LogP contribution >= 0.6 is 0 Å². The van der Waals surface area contributed by atoms with Crippen LogP contribution in [-0.4, -0.2) is 66.2 Å². The standard InChI is InChI=1S/C13H21N5O4/c1-3-9(18-4-6-21-7-5-18)12(19)15-8-10-16-11(17-22-10)13(20)14-2/h9H,3-8H2,1-2H3,(H,14,20)(H,15,19)/t9-/m1/s1. The van der Waals surface area contributed by atoms with Crippen molar-refractivity contribution < 1.29 is 18.8 Å². The third kappa shape index (κ3) is 4.01. The first-order valence-corrected chi connectivity index (χ1v) is 7.29. The Bertz CT molecular complexity index is 512. The molecule has 1 atom stereocenters. The highest BCUT2D eigenvalue weighted by Crippen LogP contribution is 2.08. The Hall–Kier alpha value is -2.00. The number of nitrogens with one attached hydrogen (secondary N) is 2. The highest BCUT2D eigenvalue weighted by atomic mass is 16.5. The molecule has 22 heavy (non-hydrogen) atoms. The van der Waals surface area contributed by atoms with E-state index in [9.17, 15) is 9.59 Å². The lowest BCUT2D eigenvalue weighted by molar-refractivity contribution is -0.128. The molecule has 0 spiro atoms. The number of ether oxygens (including phenoxy) is 1. The van der Waals surface area contributed by atoms with E-state index in [2.05, 4.69) is 25.7 Å². The summed E-state index contributed by atoms with van der Waals surface area (Å²) in [4.78, 5) is 29.6. The Morgan fingerprint density at radius 2 is 2.09 bits per heavy atom. The monoisotopic (exact) mass is 311 g/mol. The van der Waals surface area contributed by atoms with Crippen LogP contribution in [0.25, 0.3) is 0 Å². The fraction of sp³-hybridized carbons (Fsp3) is 0.692. The van der Waals surface area contributed by atoms with E-state index in [-0.39, 0.29) is 30.2 Å². The molecule has 2 heterocycles. The number of carbonyl (C=O) groups excluding carboxylic acids is 2. The maximum Gasteiger partial charge on any atom is 0.292 e. The molecule has 0 unspecified atom stereocenters. The summed E-state index contributed by atoms with van der Waals surface area (Å²) in [7, 11) is 1.48. The van der Waals surface area contributed by atoms with Gasteiger partial charge in [0.2, 0.25) is 11.8 Å². The van der Waals surface area contributed by atoms with Gasteiger partial charge in [0.25, 0.3) is 11.7 Å². The molecule has 0 aliphatic carbocycles. The van der Waals surface area contributed by atoms with Crippen LogP contribution in [0, 0.1) is 0 Å². The summed E-state index contributed by atoms with van der Waals surface area (Å²) < 4.78 is 10.2. The van der Waals surface area contributed by atoms with E-state index < -0.39 is 5.91 Å². The lowest BCUT2D eigenvalue weighted by atomic mass is 10.1. The van der Waals surface area contributed by atoms with Gasteiger partial charge in [-0.3, -0.25) is 14.5 Å². The van der Waals surface area contributed by atoms with E-state index in [1.165, 1.54) is 7.05 Å². The van der Waals surface area contributed by atoms with Crippen molar-refractivity contribution in [2.24, 2.45) is 0 Å². The molecule has 1 aromatic rings. The van der Waals surface area contributed by atoms with E-state index >= 15 is 0 Å². The second kappa shape index (κ2) is 7.85. The molecular weight excluding hydrogens is 290 g/mol. The quantitative estimate of drug-likeness (QED) is 0.704. The number of rotatable bonds is 6. The summed E-state index contributed by atoms with van der Waals surface area (Å²) in [6.07, 6.45) is 0.707. The number of nitrogens with zero attached hydrogens (tertiary/aromatic N) is 3. The zero-order chi connectivity index (χ0) is 15.9. The molecule has 122 valence electrons. The highest BCUT2D eigenvalue weighted by Gasteiger charge is 2.26. The van der Waals surface area contributed by atoms with Gasteiger partial charge in [-0.25, -0.2) is 0 Å². The van der Waals surface area contributed by atoms with Crippen molar-refractivity contribution in [3.63, 3.8) is 0 Å². The summed E-state index contributed by atoms with van der Waals surface area (Å²) in [5.74, 6) is -0.374. The van der Waals surface area contributed by atoms with Gasteiger partial charge >= 0.3 is 0 Å². The first kappa shape index (κ1) is 16.4. The number of carbonyl (C=O) groups is 2. The lowest BCUT2D eigenvalue weighted by Gasteiger charge is -2.32. The molecule has 1 saturated heterocycles. The number of amides is 2. The molecule has 1 aliphatic heterocycles. The van der Waals surface area contributed by atoms with Crippen LogP contribution in [0.3, 0.4) is 0 Å². The SMILES string of the molecule is CC[C@H](C(=O)NCc1nc(C(=O)NC)no1)N1CCOCC1. The molecule has 1 aromatic heterocycles. The van der Waals surface area contributed by atoms with Gasteiger partial charge in [0.1, 0.15) is 0 Å². The van der Waals surface area contributed by atoms with Gasteiger partial charge in [-0.05, 0) is 6.42 Å². The van der Waals surface area contributed by atoms with Crippen molar-refractivity contribution in [2.75, 3.05) is 33.4 Å². The van der Waals surface area contributed by atoms with Gasteiger partial charge < -0.3 is 19.9 Å². The second-order valence-electron chi connectivity index (χ2n) is 4.88. The average molecular weight is 311 g/mol. The van der Waals surface area contributed by atoms with Crippen molar-refractivity contribution in [1.29, 1.82) is 0 Å². The fourth-order valence-corrected chi connectivity index (χ4v) is 2.31. The summed E-state index contributed by atoms with van der Waals surface area (Å²) >= 11 is 0. The molecule has 0 radical (unpaired) electrons.